The Morgan fingerprint density at radius 1 is 1.27 bits per heavy atom. The Labute approximate surface area is 145 Å². The molecule has 2 heterocycles. The number of halogens is 3. The molecular formula is C16H13F3N4O3. The number of nitrogens with zero attached hydrogens (tertiary/aromatic N) is 1. The van der Waals surface area contributed by atoms with Crippen LogP contribution >= 0.6 is 0 Å². The van der Waals surface area contributed by atoms with E-state index in [1.807, 2.05) is 0 Å². The number of para-hydroxylation sites is 1. The van der Waals surface area contributed by atoms with E-state index in [0.717, 1.165) is 6.07 Å². The van der Waals surface area contributed by atoms with Crippen LogP contribution in [0, 0.1) is 0 Å². The quantitative estimate of drug-likeness (QED) is 0.779. The van der Waals surface area contributed by atoms with Crippen LogP contribution in [0.1, 0.15) is 11.3 Å². The zero-order valence-electron chi connectivity index (χ0n) is 13.2. The SMILES string of the molecule is O=C1COc2c(cccc2NC(=O)NCc2ccc(C(F)(F)F)cn2)N1. The molecular weight excluding hydrogens is 353 g/mol. The molecule has 1 aliphatic heterocycles. The van der Waals surface area contributed by atoms with E-state index < -0.39 is 17.8 Å². The predicted molar refractivity (Wildman–Crippen MR) is 85.7 cm³/mol. The average Bonchev–Trinajstić information content (AvgIpc) is 2.59. The van der Waals surface area contributed by atoms with Gasteiger partial charge in [-0.2, -0.15) is 13.2 Å². The highest BCUT2D eigenvalue weighted by Crippen LogP contribution is 2.35. The molecule has 0 bridgehead atoms. The summed E-state index contributed by atoms with van der Waals surface area (Å²) in [5.74, 6) is 0.0300. The lowest BCUT2D eigenvalue weighted by atomic mass is 10.2. The number of pyridine rings is 1. The summed E-state index contributed by atoms with van der Waals surface area (Å²) in [4.78, 5) is 26.9. The summed E-state index contributed by atoms with van der Waals surface area (Å²) in [6, 6.07) is 6.33. The molecule has 2 aromatic rings. The number of carbonyl (C=O) groups is 2. The number of fused-ring (bicyclic) bond motifs is 1. The molecule has 10 heteroatoms. The molecule has 136 valence electrons. The lowest BCUT2D eigenvalue weighted by molar-refractivity contribution is -0.137. The third-order valence-corrected chi connectivity index (χ3v) is 3.47. The highest BCUT2D eigenvalue weighted by molar-refractivity contribution is 5.99. The van der Waals surface area contributed by atoms with Gasteiger partial charge < -0.3 is 20.7 Å². The minimum atomic E-state index is -4.46. The normalized spacial score (nSPS) is 13.3. The van der Waals surface area contributed by atoms with Crippen molar-refractivity contribution in [1.82, 2.24) is 10.3 Å². The molecule has 1 aromatic heterocycles. The first kappa shape index (κ1) is 17.5. The molecule has 0 unspecified atom stereocenters. The van der Waals surface area contributed by atoms with Gasteiger partial charge in [-0.1, -0.05) is 6.07 Å². The number of amides is 3. The summed E-state index contributed by atoms with van der Waals surface area (Å²) in [5, 5.41) is 7.65. The molecule has 1 aliphatic rings. The number of hydrogen-bond acceptors (Lipinski definition) is 4. The van der Waals surface area contributed by atoms with Gasteiger partial charge in [0.15, 0.2) is 12.4 Å². The fourth-order valence-electron chi connectivity index (χ4n) is 2.25. The Morgan fingerprint density at radius 2 is 2.08 bits per heavy atom. The topological polar surface area (TPSA) is 92.3 Å². The molecule has 3 amide bonds. The first-order chi connectivity index (χ1) is 12.3. The largest absolute Gasteiger partial charge is 0.479 e. The minimum absolute atomic E-state index is 0.0589. The minimum Gasteiger partial charge on any atom is -0.479 e. The molecule has 0 saturated heterocycles. The molecule has 1 aromatic carbocycles. The first-order valence-corrected chi connectivity index (χ1v) is 7.45. The Balaban J connectivity index is 1.60. The third kappa shape index (κ3) is 4.02. The van der Waals surface area contributed by atoms with Crippen molar-refractivity contribution in [1.29, 1.82) is 0 Å². The summed E-state index contributed by atoms with van der Waals surface area (Å²) in [5.41, 5.74) is 0.191. The van der Waals surface area contributed by atoms with Crippen molar-refractivity contribution >= 4 is 23.3 Å². The fraction of sp³-hybridized carbons (Fsp3) is 0.188. The van der Waals surface area contributed by atoms with E-state index in [1.165, 1.54) is 6.07 Å². The monoisotopic (exact) mass is 366 g/mol. The van der Waals surface area contributed by atoms with Crippen LogP contribution in [0.2, 0.25) is 0 Å². The number of carbonyl (C=O) groups excluding carboxylic acids is 2. The summed E-state index contributed by atoms with van der Waals surface area (Å²) in [7, 11) is 0. The van der Waals surface area contributed by atoms with E-state index in [0.29, 0.717) is 23.3 Å². The second-order valence-corrected chi connectivity index (χ2v) is 5.36. The third-order valence-electron chi connectivity index (χ3n) is 3.47. The van der Waals surface area contributed by atoms with E-state index in [1.54, 1.807) is 18.2 Å². The molecule has 0 atom stereocenters. The van der Waals surface area contributed by atoms with Crippen LogP contribution in [-0.2, 0) is 17.5 Å². The second-order valence-electron chi connectivity index (χ2n) is 5.36. The Bertz CT molecular complexity index is 838. The molecule has 26 heavy (non-hydrogen) atoms. The van der Waals surface area contributed by atoms with E-state index >= 15 is 0 Å². The van der Waals surface area contributed by atoms with Crippen LogP contribution in [0.15, 0.2) is 36.5 Å². The number of aromatic nitrogens is 1. The van der Waals surface area contributed by atoms with Crippen molar-refractivity contribution in [3.8, 4) is 5.75 Å². The van der Waals surface area contributed by atoms with Gasteiger partial charge in [0.1, 0.15) is 0 Å². The maximum atomic E-state index is 12.5. The van der Waals surface area contributed by atoms with Gasteiger partial charge in [0.25, 0.3) is 5.91 Å². The number of benzene rings is 1. The van der Waals surface area contributed by atoms with Gasteiger partial charge in [0.05, 0.1) is 29.2 Å². The Morgan fingerprint density at radius 3 is 2.77 bits per heavy atom. The lowest BCUT2D eigenvalue weighted by Crippen LogP contribution is -2.30. The number of urea groups is 1. The maximum absolute atomic E-state index is 12.5. The van der Waals surface area contributed by atoms with Crippen molar-refractivity contribution in [2.24, 2.45) is 0 Å². The fourth-order valence-corrected chi connectivity index (χ4v) is 2.25. The number of rotatable bonds is 3. The van der Waals surface area contributed by atoms with Crippen LogP contribution in [0.3, 0.4) is 0 Å². The van der Waals surface area contributed by atoms with E-state index in [-0.39, 0.29) is 24.8 Å². The van der Waals surface area contributed by atoms with E-state index in [2.05, 4.69) is 20.9 Å². The molecule has 0 radical (unpaired) electrons. The van der Waals surface area contributed by atoms with Crippen LogP contribution < -0.4 is 20.7 Å². The van der Waals surface area contributed by atoms with Crippen LogP contribution in [0.25, 0.3) is 0 Å². The Hall–Kier alpha value is -3.30. The van der Waals surface area contributed by atoms with Gasteiger partial charge in [0, 0.05) is 6.20 Å². The van der Waals surface area contributed by atoms with Gasteiger partial charge >= 0.3 is 12.2 Å². The van der Waals surface area contributed by atoms with Gasteiger partial charge in [-0.15, -0.1) is 0 Å². The lowest BCUT2D eigenvalue weighted by Gasteiger charge is -2.20. The summed E-state index contributed by atoms with van der Waals surface area (Å²) in [6.07, 6.45) is -3.75. The van der Waals surface area contributed by atoms with E-state index in [4.69, 9.17) is 4.74 Å². The summed E-state index contributed by atoms with van der Waals surface area (Å²) in [6.45, 7) is -0.223. The second kappa shape index (κ2) is 6.90. The molecule has 0 aliphatic carbocycles. The van der Waals surface area contributed by atoms with E-state index in [9.17, 15) is 22.8 Å². The summed E-state index contributed by atoms with van der Waals surface area (Å²) >= 11 is 0. The molecule has 0 fully saturated rings. The molecule has 7 nitrogen and oxygen atoms in total. The van der Waals surface area contributed by atoms with Gasteiger partial charge in [-0.25, -0.2) is 4.79 Å². The zero-order valence-corrected chi connectivity index (χ0v) is 13.2. The number of nitrogens with one attached hydrogen (secondary N) is 3. The number of anilines is 2. The van der Waals surface area contributed by atoms with Gasteiger partial charge in [-0.05, 0) is 24.3 Å². The standard InChI is InChI=1S/C16H13F3N4O3/c17-16(18,19)9-4-5-10(20-6-9)7-21-15(25)23-12-3-1-2-11-14(12)26-8-13(24)22-11/h1-6H,7-8H2,(H,22,24)(H2,21,23,25). The van der Waals surface area contributed by atoms with Crippen molar-refractivity contribution in [3.63, 3.8) is 0 Å². The van der Waals surface area contributed by atoms with Crippen molar-refractivity contribution in [2.75, 3.05) is 17.2 Å². The van der Waals surface area contributed by atoms with Crippen molar-refractivity contribution in [3.05, 3.63) is 47.8 Å². The smallest absolute Gasteiger partial charge is 0.417 e. The van der Waals surface area contributed by atoms with Crippen LogP contribution in [0.4, 0.5) is 29.3 Å². The highest BCUT2D eigenvalue weighted by atomic mass is 19.4. The molecule has 0 spiro atoms. The van der Waals surface area contributed by atoms with Crippen molar-refractivity contribution < 1.29 is 27.5 Å². The first-order valence-electron chi connectivity index (χ1n) is 7.45. The number of hydrogen-bond donors (Lipinski definition) is 3. The summed E-state index contributed by atoms with van der Waals surface area (Å²) < 4.78 is 42.7. The van der Waals surface area contributed by atoms with Gasteiger partial charge in [-0.3, -0.25) is 9.78 Å². The van der Waals surface area contributed by atoms with Gasteiger partial charge in [0.2, 0.25) is 0 Å². The maximum Gasteiger partial charge on any atom is 0.417 e. The van der Waals surface area contributed by atoms with Crippen LogP contribution in [-0.4, -0.2) is 23.5 Å². The number of ether oxygens (including phenoxy) is 1. The average molecular weight is 366 g/mol. The number of alkyl halides is 3. The molecule has 0 saturated carbocycles. The molecule has 3 N–H and O–H groups in total. The highest BCUT2D eigenvalue weighted by Gasteiger charge is 2.30. The van der Waals surface area contributed by atoms with Crippen molar-refractivity contribution in [2.45, 2.75) is 12.7 Å². The van der Waals surface area contributed by atoms with Crippen LogP contribution in [0.5, 0.6) is 5.75 Å². The Kier molecular flexibility index (Phi) is 4.65. The molecule has 3 rings (SSSR count). The predicted octanol–water partition coefficient (Wildman–Crippen LogP) is 2.75. The zero-order chi connectivity index (χ0) is 18.7.